The molecule has 51 heavy (non-hydrogen) atoms. The molecule has 0 amide bonds. The van der Waals surface area contributed by atoms with Gasteiger partial charge in [-0.25, -0.2) is 15.0 Å². The maximum Gasteiger partial charge on any atom is 0.165 e. The number of hydrogen-bond acceptors (Lipinski definition) is 6. The SMILES string of the molecule is c1ccc(-c2nc(-c3cccc4c3sc3ccccc34)nc(-c3cccc4oc5ccc(-c6cccc7oc8ccccc8c67)cc5c34)n2)cc1. The molecule has 5 nitrogen and oxygen atoms in total. The van der Waals surface area contributed by atoms with Crippen molar-refractivity contribution >= 4 is 75.4 Å². The highest BCUT2D eigenvalue weighted by Crippen LogP contribution is 2.43. The lowest BCUT2D eigenvalue weighted by molar-refractivity contribution is 0.669. The van der Waals surface area contributed by atoms with E-state index >= 15 is 0 Å². The van der Waals surface area contributed by atoms with Gasteiger partial charge >= 0.3 is 0 Å². The molecule has 0 spiro atoms. The first-order chi connectivity index (χ1) is 25.3. The Balaban J connectivity index is 1.16. The second kappa shape index (κ2) is 10.9. The number of rotatable bonds is 4. The molecule has 11 aromatic rings. The Morgan fingerprint density at radius 3 is 1.80 bits per heavy atom. The number of furan rings is 2. The van der Waals surface area contributed by atoms with Crippen LogP contribution in [0.2, 0.25) is 0 Å². The van der Waals surface area contributed by atoms with Gasteiger partial charge < -0.3 is 8.83 Å². The summed E-state index contributed by atoms with van der Waals surface area (Å²) in [5.41, 5.74) is 8.32. The Morgan fingerprint density at radius 2 is 0.961 bits per heavy atom. The van der Waals surface area contributed by atoms with Crippen LogP contribution in [0.1, 0.15) is 0 Å². The number of benzene rings is 7. The lowest BCUT2D eigenvalue weighted by atomic mass is 9.97. The lowest BCUT2D eigenvalue weighted by Crippen LogP contribution is -2.00. The van der Waals surface area contributed by atoms with Crippen molar-refractivity contribution in [1.82, 2.24) is 15.0 Å². The van der Waals surface area contributed by atoms with Crippen LogP contribution in [0.15, 0.2) is 160 Å². The van der Waals surface area contributed by atoms with Gasteiger partial charge in [0.05, 0.1) is 0 Å². The van der Waals surface area contributed by atoms with Crippen molar-refractivity contribution in [3.05, 3.63) is 152 Å². The highest BCUT2D eigenvalue weighted by Gasteiger charge is 2.21. The molecule has 238 valence electrons. The molecule has 0 unspecified atom stereocenters. The van der Waals surface area contributed by atoms with E-state index in [-0.39, 0.29) is 0 Å². The number of hydrogen-bond donors (Lipinski definition) is 0. The van der Waals surface area contributed by atoms with Crippen LogP contribution in [0.5, 0.6) is 0 Å². The van der Waals surface area contributed by atoms with Crippen LogP contribution < -0.4 is 0 Å². The summed E-state index contributed by atoms with van der Waals surface area (Å²) in [5.74, 6) is 1.86. The molecular formula is C45H25N3O2S. The zero-order valence-corrected chi connectivity index (χ0v) is 27.8. The van der Waals surface area contributed by atoms with Gasteiger partial charge in [-0.2, -0.15) is 0 Å². The summed E-state index contributed by atoms with van der Waals surface area (Å²) in [7, 11) is 0. The van der Waals surface area contributed by atoms with Crippen LogP contribution in [0.4, 0.5) is 0 Å². The minimum absolute atomic E-state index is 0.596. The summed E-state index contributed by atoms with van der Waals surface area (Å²) in [5, 5.41) is 6.60. The van der Waals surface area contributed by atoms with Crippen molar-refractivity contribution in [2.75, 3.05) is 0 Å². The van der Waals surface area contributed by atoms with Gasteiger partial charge in [0, 0.05) is 58.4 Å². The van der Waals surface area contributed by atoms with E-state index in [4.69, 9.17) is 23.8 Å². The summed E-state index contributed by atoms with van der Waals surface area (Å²) in [6, 6.07) is 52.0. The van der Waals surface area contributed by atoms with E-state index in [1.807, 2.05) is 60.7 Å². The highest BCUT2D eigenvalue weighted by molar-refractivity contribution is 7.26. The van der Waals surface area contributed by atoms with E-state index in [1.165, 1.54) is 15.5 Å². The van der Waals surface area contributed by atoms with Crippen LogP contribution in [0, 0.1) is 0 Å². The zero-order chi connectivity index (χ0) is 33.5. The van der Waals surface area contributed by atoms with Crippen molar-refractivity contribution in [3.8, 4) is 45.3 Å². The normalized spacial score (nSPS) is 11.9. The molecule has 0 fully saturated rings. The minimum atomic E-state index is 0.596. The Hall–Kier alpha value is -6.63. The fourth-order valence-corrected chi connectivity index (χ4v) is 8.66. The van der Waals surface area contributed by atoms with Crippen molar-refractivity contribution in [3.63, 3.8) is 0 Å². The smallest absolute Gasteiger partial charge is 0.165 e. The molecule has 7 aromatic carbocycles. The Morgan fingerprint density at radius 1 is 0.373 bits per heavy atom. The molecule has 0 bridgehead atoms. The van der Waals surface area contributed by atoms with E-state index in [0.717, 1.165) is 76.4 Å². The highest BCUT2D eigenvalue weighted by atomic mass is 32.1. The maximum absolute atomic E-state index is 6.48. The van der Waals surface area contributed by atoms with Gasteiger partial charge in [-0.3, -0.25) is 0 Å². The predicted molar refractivity (Wildman–Crippen MR) is 209 cm³/mol. The Labute approximate surface area is 295 Å². The Bertz CT molecular complexity index is 3160. The number of para-hydroxylation sites is 1. The standard InChI is InChI=1S/C45H25N3O2S/c1-2-11-26(12-3-1)43-46-44(48-45(47-43)33-18-8-16-30-29-13-5-7-22-39(29)51-42(30)33)32-17-10-21-38-41(32)34-25-27(23-24-36(34)50-38)28-15-9-20-37-40(28)31-14-4-6-19-35(31)49-37/h1-25H. The third kappa shape index (κ3) is 4.37. The topological polar surface area (TPSA) is 65.0 Å². The third-order valence-corrected chi connectivity index (χ3v) is 11.0. The van der Waals surface area contributed by atoms with Gasteiger partial charge in [-0.15, -0.1) is 11.3 Å². The number of nitrogens with zero attached hydrogens (tertiary/aromatic N) is 3. The second-order valence-electron chi connectivity index (χ2n) is 12.7. The first-order valence-corrected chi connectivity index (χ1v) is 17.7. The minimum Gasteiger partial charge on any atom is -0.456 e. The van der Waals surface area contributed by atoms with Crippen LogP contribution >= 0.6 is 11.3 Å². The summed E-state index contributed by atoms with van der Waals surface area (Å²) in [4.78, 5) is 15.5. The van der Waals surface area contributed by atoms with E-state index in [2.05, 4.69) is 91.0 Å². The average Bonchev–Trinajstić information content (AvgIpc) is 3.89. The molecule has 0 atom stereocenters. The van der Waals surface area contributed by atoms with Gasteiger partial charge in [0.15, 0.2) is 17.5 Å². The molecule has 0 saturated carbocycles. The molecule has 0 radical (unpaired) electrons. The van der Waals surface area contributed by atoms with Gasteiger partial charge in [-0.1, -0.05) is 109 Å². The first-order valence-electron chi connectivity index (χ1n) is 16.9. The van der Waals surface area contributed by atoms with Gasteiger partial charge in [0.2, 0.25) is 0 Å². The van der Waals surface area contributed by atoms with Gasteiger partial charge in [0.25, 0.3) is 0 Å². The summed E-state index contributed by atoms with van der Waals surface area (Å²) in [6.07, 6.45) is 0. The van der Waals surface area contributed by atoms with Crippen LogP contribution in [0.25, 0.3) is 109 Å². The summed E-state index contributed by atoms with van der Waals surface area (Å²) in [6.45, 7) is 0. The van der Waals surface area contributed by atoms with Crippen LogP contribution in [-0.4, -0.2) is 15.0 Å². The van der Waals surface area contributed by atoms with Crippen LogP contribution in [0.3, 0.4) is 0 Å². The maximum atomic E-state index is 6.48. The molecule has 6 heteroatoms. The molecule has 0 aliphatic rings. The number of thiophene rings is 1. The third-order valence-electron chi connectivity index (χ3n) is 9.76. The number of fused-ring (bicyclic) bond motifs is 9. The quantitative estimate of drug-likeness (QED) is 0.186. The van der Waals surface area contributed by atoms with Gasteiger partial charge in [0.1, 0.15) is 22.3 Å². The van der Waals surface area contributed by atoms with Crippen molar-refractivity contribution < 1.29 is 8.83 Å². The predicted octanol–water partition coefficient (Wildman–Crippen LogP) is 12.7. The van der Waals surface area contributed by atoms with E-state index < -0.39 is 0 Å². The Kier molecular flexibility index (Phi) is 6.05. The van der Waals surface area contributed by atoms with E-state index in [1.54, 1.807) is 11.3 Å². The molecule has 0 aliphatic heterocycles. The van der Waals surface area contributed by atoms with E-state index in [9.17, 15) is 0 Å². The lowest BCUT2D eigenvalue weighted by Gasteiger charge is -2.10. The second-order valence-corrected chi connectivity index (χ2v) is 13.8. The average molecular weight is 672 g/mol. The molecule has 0 saturated heterocycles. The summed E-state index contributed by atoms with van der Waals surface area (Å²) >= 11 is 1.77. The zero-order valence-electron chi connectivity index (χ0n) is 27.0. The van der Waals surface area contributed by atoms with Crippen molar-refractivity contribution in [2.24, 2.45) is 0 Å². The van der Waals surface area contributed by atoms with Crippen molar-refractivity contribution in [2.45, 2.75) is 0 Å². The molecule has 0 aliphatic carbocycles. The largest absolute Gasteiger partial charge is 0.456 e. The molecule has 11 rings (SSSR count). The van der Waals surface area contributed by atoms with Crippen molar-refractivity contribution in [1.29, 1.82) is 0 Å². The molecular weight excluding hydrogens is 647 g/mol. The van der Waals surface area contributed by atoms with E-state index in [0.29, 0.717) is 17.5 Å². The molecule has 4 heterocycles. The first kappa shape index (κ1) is 28.2. The molecule has 4 aromatic heterocycles. The fraction of sp³-hybridized carbons (Fsp3) is 0. The fourth-order valence-electron chi connectivity index (χ4n) is 7.45. The molecule has 0 N–H and O–H groups in total. The summed E-state index contributed by atoms with van der Waals surface area (Å²) < 4.78 is 15.1. The monoisotopic (exact) mass is 671 g/mol. The van der Waals surface area contributed by atoms with Crippen LogP contribution in [-0.2, 0) is 0 Å². The number of aromatic nitrogens is 3. The van der Waals surface area contributed by atoms with Gasteiger partial charge in [-0.05, 0) is 53.6 Å².